The SMILES string of the molecule is CC(=O)Nc1cccc(/C(C)=N\NC(=O)[C@H](C)N(c2ccccc2)S(C)(=O)=O)c1. The summed E-state index contributed by atoms with van der Waals surface area (Å²) in [6, 6.07) is 14.4. The van der Waals surface area contributed by atoms with Gasteiger partial charge in [-0.05, 0) is 43.7 Å². The summed E-state index contributed by atoms with van der Waals surface area (Å²) in [5, 5.41) is 6.75. The van der Waals surface area contributed by atoms with Crippen LogP contribution in [0.5, 0.6) is 0 Å². The van der Waals surface area contributed by atoms with Crippen LogP contribution in [0, 0.1) is 0 Å². The van der Waals surface area contributed by atoms with Crippen molar-refractivity contribution in [1.29, 1.82) is 0 Å². The summed E-state index contributed by atoms with van der Waals surface area (Å²) < 4.78 is 25.5. The molecule has 154 valence electrons. The van der Waals surface area contributed by atoms with Crippen LogP contribution in [-0.2, 0) is 19.6 Å². The second-order valence-electron chi connectivity index (χ2n) is 6.51. The molecule has 1 atom stereocenters. The molecule has 2 aromatic carbocycles. The van der Waals surface area contributed by atoms with Gasteiger partial charge in [-0.25, -0.2) is 13.8 Å². The number of benzene rings is 2. The van der Waals surface area contributed by atoms with Crippen LogP contribution in [0.3, 0.4) is 0 Å². The molecular formula is C20H24N4O4S. The minimum absolute atomic E-state index is 0.194. The number of rotatable bonds is 7. The van der Waals surface area contributed by atoms with E-state index in [1.54, 1.807) is 61.5 Å². The first-order valence-electron chi connectivity index (χ1n) is 8.86. The minimum Gasteiger partial charge on any atom is -0.326 e. The maximum absolute atomic E-state index is 12.6. The number of nitrogens with one attached hydrogen (secondary N) is 2. The first-order chi connectivity index (χ1) is 13.6. The highest BCUT2D eigenvalue weighted by molar-refractivity contribution is 7.92. The van der Waals surface area contributed by atoms with Crippen molar-refractivity contribution in [2.45, 2.75) is 26.8 Å². The number of carbonyl (C=O) groups is 2. The van der Waals surface area contributed by atoms with Crippen molar-refractivity contribution in [3.63, 3.8) is 0 Å². The molecule has 8 nitrogen and oxygen atoms in total. The summed E-state index contributed by atoms with van der Waals surface area (Å²) in [7, 11) is -3.69. The van der Waals surface area contributed by atoms with Gasteiger partial charge in [-0.1, -0.05) is 30.3 Å². The van der Waals surface area contributed by atoms with E-state index in [9.17, 15) is 18.0 Å². The van der Waals surface area contributed by atoms with Gasteiger partial charge in [0.1, 0.15) is 6.04 Å². The lowest BCUT2D eigenvalue weighted by atomic mass is 10.1. The maximum Gasteiger partial charge on any atom is 0.263 e. The molecule has 0 saturated carbocycles. The Morgan fingerprint density at radius 1 is 1.03 bits per heavy atom. The lowest BCUT2D eigenvalue weighted by Crippen LogP contribution is -2.46. The predicted octanol–water partition coefficient (Wildman–Crippen LogP) is 2.34. The number of hydrogen-bond acceptors (Lipinski definition) is 5. The summed E-state index contributed by atoms with van der Waals surface area (Å²) >= 11 is 0. The van der Waals surface area contributed by atoms with Crippen molar-refractivity contribution in [3.05, 3.63) is 60.2 Å². The topological polar surface area (TPSA) is 108 Å². The highest BCUT2D eigenvalue weighted by atomic mass is 32.2. The molecule has 2 N–H and O–H groups in total. The number of amides is 2. The highest BCUT2D eigenvalue weighted by Crippen LogP contribution is 2.20. The van der Waals surface area contributed by atoms with E-state index in [4.69, 9.17) is 0 Å². The molecule has 0 aliphatic rings. The van der Waals surface area contributed by atoms with Crippen LogP contribution in [0.1, 0.15) is 26.3 Å². The van der Waals surface area contributed by atoms with Crippen LogP contribution in [0.4, 0.5) is 11.4 Å². The average Bonchev–Trinajstić information content (AvgIpc) is 2.65. The number of anilines is 2. The normalized spacial score (nSPS) is 12.8. The number of para-hydroxylation sites is 1. The average molecular weight is 417 g/mol. The van der Waals surface area contributed by atoms with E-state index >= 15 is 0 Å². The van der Waals surface area contributed by atoms with Crippen LogP contribution >= 0.6 is 0 Å². The Balaban J connectivity index is 2.19. The Labute approximate surface area is 170 Å². The summed E-state index contributed by atoms with van der Waals surface area (Å²) in [6.07, 6.45) is 1.05. The monoisotopic (exact) mass is 416 g/mol. The fraction of sp³-hybridized carbons (Fsp3) is 0.250. The van der Waals surface area contributed by atoms with Gasteiger partial charge in [0.25, 0.3) is 5.91 Å². The van der Waals surface area contributed by atoms with Gasteiger partial charge < -0.3 is 5.32 Å². The van der Waals surface area contributed by atoms with Crippen LogP contribution in [0.2, 0.25) is 0 Å². The first-order valence-corrected chi connectivity index (χ1v) is 10.7. The van der Waals surface area contributed by atoms with Crippen molar-refractivity contribution in [3.8, 4) is 0 Å². The lowest BCUT2D eigenvalue weighted by molar-refractivity contribution is -0.121. The van der Waals surface area contributed by atoms with Crippen molar-refractivity contribution >= 4 is 38.9 Å². The van der Waals surface area contributed by atoms with Gasteiger partial charge in [0, 0.05) is 12.6 Å². The zero-order valence-electron chi connectivity index (χ0n) is 16.7. The molecule has 0 saturated heterocycles. The first kappa shape index (κ1) is 22.1. The molecule has 29 heavy (non-hydrogen) atoms. The zero-order valence-corrected chi connectivity index (χ0v) is 17.5. The molecule has 0 heterocycles. The zero-order chi connectivity index (χ0) is 21.6. The molecule has 0 aliphatic carbocycles. The van der Waals surface area contributed by atoms with Gasteiger partial charge in [0.15, 0.2) is 0 Å². The third kappa shape index (κ3) is 6.15. The highest BCUT2D eigenvalue weighted by Gasteiger charge is 2.28. The van der Waals surface area contributed by atoms with Gasteiger partial charge in [-0.15, -0.1) is 0 Å². The third-order valence-corrected chi connectivity index (χ3v) is 5.28. The summed E-state index contributed by atoms with van der Waals surface area (Å²) in [6.45, 7) is 4.60. The van der Waals surface area contributed by atoms with E-state index in [0.717, 1.165) is 10.6 Å². The molecule has 2 aromatic rings. The predicted molar refractivity (Wildman–Crippen MR) is 114 cm³/mol. The molecule has 0 spiro atoms. The van der Waals surface area contributed by atoms with Crippen molar-refractivity contribution in [1.82, 2.24) is 5.43 Å². The second-order valence-corrected chi connectivity index (χ2v) is 8.37. The second kappa shape index (κ2) is 9.33. The van der Waals surface area contributed by atoms with Crippen molar-refractivity contribution in [2.24, 2.45) is 5.10 Å². The number of hydrazone groups is 1. The number of hydrogen-bond donors (Lipinski definition) is 2. The number of sulfonamides is 1. The van der Waals surface area contributed by atoms with E-state index < -0.39 is 22.0 Å². The van der Waals surface area contributed by atoms with E-state index in [1.807, 2.05) is 0 Å². The number of carbonyl (C=O) groups excluding carboxylic acids is 2. The quantitative estimate of drug-likeness (QED) is 0.533. The number of nitrogens with zero attached hydrogens (tertiary/aromatic N) is 2. The molecule has 0 aliphatic heterocycles. The van der Waals surface area contributed by atoms with Crippen molar-refractivity contribution < 1.29 is 18.0 Å². The summed E-state index contributed by atoms with van der Waals surface area (Å²) in [5.74, 6) is -0.766. The van der Waals surface area contributed by atoms with Crippen molar-refractivity contribution in [2.75, 3.05) is 15.9 Å². The molecular weight excluding hydrogens is 392 g/mol. The molecule has 2 amide bonds. The molecule has 0 radical (unpaired) electrons. The van der Waals surface area contributed by atoms with Crippen LogP contribution < -0.4 is 15.0 Å². The van der Waals surface area contributed by atoms with E-state index in [1.165, 1.54) is 13.8 Å². The molecule has 0 aromatic heterocycles. The van der Waals surface area contributed by atoms with Crippen LogP contribution in [-0.4, -0.2) is 38.2 Å². The lowest BCUT2D eigenvalue weighted by Gasteiger charge is -2.27. The minimum atomic E-state index is -3.69. The fourth-order valence-electron chi connectivity index (χ4n) is 2.71. The Kier molecular flexibility index (Phi) is 7.11. The Morgan fingerprint density at radius 3 is 2.28 bits per heavy atom. The Hall–Kier alpha value is -3.20. The molecule has 0 bridgehead atoms. The molecule has 0 unspecified atom stereocenters. The Bertz CT molecular complexity index is 1020. The van der Waals surface area contributed by atoms with E-state index in [0.29, 0.717) is 22.6 Å². The Morgan fingerprint density at radius 2 is 1.69 bits per heavy atom. The van der Waals surface area contributed by atoms with Crippen LogP contribution in [0.25, 0.3) is 0 Å². The standard InChI is InChI=1S/C20H24N4O4S/c1-14(17-9-8-10-18(13-17)21-16(3)25)22-23-20(26)15(2)24(29(4,27)28)19-11-6-5-7-12-19/h5-13,15H,1-4H3,(H,21,25)(H,23,26)/b22-14-/t15-/m0/s1. The summed E-state index contributed by atoms with van der Waals surface area (Å²) in [5.41, 5.74) is 4.62. The molecule has 0 fully saturated rings. The van der Waals surface area contributed by atoms with E-state index in [-0.39, 0.29) is 5.91 Å². The summed E-state index contributed by atoms with van der Waals surface area (Å²) in [4.78, 5) is 23.8. The molecule has 9 heteroatoms. The van der Waals surface area contributed by atoms with Gasteiger partial charge in [-0.2, -0.15) is 5.10 Å². The van der Waals surface area contributed by atoms with Gasteiger partial charge in [-0.3, -0.25) is 13.9 Å². The van der Waals surface area contributed by atoms with Gasteiger partial charge in [0.2, 0.25) is 15.9 Å². The fourth-order valence-corrected chi connectivity index (χ4v) is 3.88. The van der Waals surface area contributed by atoms with Gasteiger partial charge >= 0.3 is 0 Å². The largest absolute Gasteiger partial charge is 0.326 e. The maximum atomic E-state index is 12.6. The van der Waals surface area contributed by atoms with Gasteiger partial charge in [0.05, 0.1) is 17.7 Å². The van der Waals surface area contributed by atoms with Crippen LogP contribution in [0.15, 0.2) is 59.7 Å². The smallest absolute Gasteiger partial charge is 0.263 e. The van der Waals surface area contributed by atoms with E-state index in [2.05, 4.69) is 15.8 Å². The molecule has 2 rings (SSSR count). The third-order valence-electron chi connectivity index (χ3n) is 4.03.